The number of carbonyl (C=O) groups is 1. The van der Waals surface area contributed by atoms with Crippen LogP contribution < -0.4 is 5.32 Å². The Morgan fingerprint density at radius 3 is 2.24 bits per heavy atom. The van der Waals surface area contributed by atoms with E-state index in [-0.39, 0.29) is 16.8 Å². The molecule has 6 nitrogen and oxygen atoms in total. The van der Waals surface area contributed by atoms with Gasteiger partial charge in [-0.25, -0.2) is 13.2 Å². The quantitative estimate of drug-likeness (QED) is 0.686. The van der Waals surface area contributed by atoms with E-state index in [0.717, 1.165) is 10.9 Å². The fourth-order valence-electron chi connectivity index (χ4n) is 3.43. The van der Waals surface area contributed by atoms with Crippen LogP contribution in [0.3, 0.4) is 0 Å². The molecule has 1 heterocycles. The molecule has 1 unspecified atom stereocenters. The van der Waals surface area contributed by atoms with E-state index in [4.69, 9.17) is 0 Å². The number of halogens is 1. The van der Waals surface area contributed by atoms with Crippen LogP contribution in [-0.4, -0.2) is 56.4 Å². The lowest BCUT2D eigenvalue weighted by Gasteiger charge is -2.34. The van der Waals surface area contributed by atoms with Crippen molar-refractivity contribution in [1.29, 1.82) is 0 Å². The number of sulfonamides is 1. The highest BCUT2D eigenvalue weighted by Crippen LogP contribution is 2.21. The van der Waals surface area contributed by atoms with Gasteiger partial charge in [-0.15, -0.1) is 0 Å². The van der Waals surface area contributed by atoms with Gasteiger partial charge in [-0.2, -0.15) is 4.31 Å². The number of carbonyl (C=O) groups excluding carboxylic acids is 1. The van der Waals surface area contributed by atoms with E-state index in [2.05, 4.69) is 40.3 Å². The third-order valence-corrected chi connectivity index (χ3v) is 7.68. The molecular weight excluding hydrogens is 454 g/mol. The summed E-state index contributed by atoms with van der Waals surface area (Å²) in [6, 6.07) is 16.6. The first-order valence-electron chi connectivity index (χ1n) is 9.75. The van der Waals surface area contributed by atoms with Crippen molar-refractivity contribution < 1.29 is 13.2 Å². The zero-order valence-electron chi connectivity index (χ0n) is 16.4. The summed E-state index contributed by atoms with van der Waals surface area (Å²) in [7, 11) is -3.54. The van der Waals surface area contributed by atoms with Gasteiger partial charge >= 0.3 is 6.03 Å². The number of nitrogens with one attached hydrogen (secondary N) is 1. The summed E-state index contributed by atoms with van der Waals surface area (Å²) in [5, 5.41) is 3.01. The van der Waals surface area contributed by atoms with Gasteiger partial charge in [0, 0.05) is 43.1 Å². The molecule has 8 heteroatoms. The summed E-state index contributed by atoms with van der Waals surface area (Å²) in [5.74, 6) is 0.263. The van der Waals surface area contributed by atoms with Gasteiger partial charge in [-0.05, 0) is 36.2 Å². The molecule has 1 N–H and O–H groups in total. The number of urea groups is 1. The minimum Gasteiger partial charge on any atom is -0.337 e. The lowest BCUT2D eigenvalue weighted by molar-refractivity contribution is 0.171. The molecule has 2 aromatic carbocycles. The lowest BCUT2D eigenvalue weighted by atomic mass is 9.97. The van der Waals surface area contributed by atoms with E-state index in [1.54, 1.807) is 29.2 Å². The van der Waals surface area contributed by atoms with Crippen molar-refractivity contribution >= 4 is 32.0 Å². The minimum absolute atomic E-state index is 0.139. The van der Waals surface area contributed by atoms with Crippen LogP contribution in [0, 0.1) is 0 Å². The number of nitrogens with zero attached hydrogens (tertiary/aromatic N) is 2. The van der Waals surface area contributed by atoms with Crippen LogP contribution in [-0.2, 0) is 10.0 Å². The molecule has 1 fully saturated rings. The number of hydrogen-bond donors (Lipinski definition) is 1. The van der Waals surface area contributed by atoms with Crippen LogP contribution in [0.25, 0.3) is 0 Å². The Balaban J connectivity index is 1.53. The minimum atomic E-state index is -3.54. The molecular formula is C21H26BrN3O3S. The molecule has 1 aliphatic rings. The molecule has 0 aromatic heterocycles. The molecule has 0 bridgehead atoms. The van der Waals surface area contributed by atoms with E-state index in [9.17, 15) is 13.2 Å². The van der Waals surface area contributed by atoms with Gasteiger partial charge in [0.1, 0.15) is 0 Å². The van der Waals surface area contributed by atoms with Gasteiger partial charge in [0.2, 0.25) is 10.0 Å². The average molecular weight is 480 g/mol. The fourth-order valence-corrected chi connectivity index (χ4v) is 5.12. The second-order valence-electron chi connectivity index (χ2n) is 7.05. The van der Waals surface area contributed by atoms with E-state index in [1.807, 2.05) is 18.2 Å². The Morgan fingerprint density at radius 1 is 1.03 bits per heavy atom. The van der Waals surface area contributed by atoms with E-state index < -0.39 is 10.0 Å². The third kappa shape index (κ3) is 5.38. The summed E-state index contributed by atoms with van der Waals surface area (Å²) in [6.07, 6.45) is 0.934. The molecule has 0 radical (unpaired) electrons. The van der Waals surface area contributed by atoms with Crippen molar-refractivity contribution in [2.24, 2.45) is 0 Å². The van der Waals surface area contributed by atoms with E-state index in [0.29, 0.717) is 32.7 Å². The van der Waals surface area contributed by atoms with Crippen molar-refractivity contribution in [2.45, 2.75) is 24.2 Å². The van der Waals surface area contributed by atoms with Gasteiger partial charge in [-0.3, -0.25) is 0 Å². The standard InChI is InChI=1S/C21H26BrN3O3S/c1-2-17(18-6-4-3-5-7-18)16-23-21(26)24-12-14-25(15-13-24)29(27,28)20-10-8-19(22)9-11-20/h3-11,17H,2,12-16H2,1H3,(H,23,26). The van der Waals surface area contributed by atoms with Gasteiger partial charge in [0.15, 0.2) is 0 Å². The maximum Gasteiger partial charge on any atom is 0.317 e. The fraction of sp³-hybridized carbons (Fsp3) is 0.381. The maximum absolute atomic E-state index is 12.8. The Hall–Kier alpha value is -1.90. The Labute approximate surface area is 181 Å². The predicted octanol–water partition coefficient (Wildman–Crippen LogP) is 3.66. The van der Waals surface area contributed by atoms with Gasteiger partial charge < -0.3 is 10.2 Å². The first kappa shape index (κ1) is 21.8. The molecule has 0 saturated carbocycles. The Morgan fingerprint density at radius 2 is 1.66 bits per heavy atom. The molecule has 0 aliphatic carbocycles. The average Bonchev–Trinajstić information content (AvgIpc) is 2.75. The molecule has 1 atom stereocenters. The number of piperazine rings is 1. The maximum atomic E-state index is 12.8. The molecule has 0 spiro atoms. The van der Waals surface area contributed by atoms with Crippen molar-refractivity contribution in [3.63, 3.8) is 0 Å². The predicted molar refractivity (Wildman–Crippen MR) is 117 cm³/mol. The zero-order chi connectivity index (χ0) is 20.9. The highest BCUT2D eigenvalue weighted by atomic mass is 79.9. The van der Waals surface area contributed by atoms with Crippen LogP contribution in [0.15, 0.2) is 64.0 Å². The largest absolute Gasteiger partial charge is 0.337 e. The molecule has 2 amide bonds. The third-order valence-electron chi connectivity index (χ3n) is 5.24. The van der Waals surface area contributed by atoms with Crippen molar-refractivity contribution in [3.8, 4) is 0 Å². The van der Waals surface area contributed by atoms with Crippen molar-refractivity contribution in [1.82, 2.24) is 14.5 Å². The molecule has 156 valence electrons. The summed E-state index contributed by atoms with van der Waals surface area (Å²) >= 11 is 3.32. The highest BCUT2D eigenvalue weighted by molar-refractivity contribution is 9.10. The molecule has 2 aromatic rings. The first-order chi connectivity index (χ1) is 13.9. The van der Waals surface area contributed by atoms with Gasteiger partial charge in [0.05, 0.1) is 4.90 Å². The topological polar surface area (TPSA) is 69.7 Å². The van der Waals surface area contributed by atoms with Gasteiger partial charge in [0.25, 0.3) is 0 Å². The van der Waals surface area contributed by atoms with Crippen molar-refractivity contribution in [3.05, 3.63) is 64.6 Å². The summed E-state index contributed by atoms with van der Waals surface area (Å²) < 4.78 is 27.8. The second-order valence-corrected chi connectivity index (χ2v) is 9.90. The van der Waals surface area contributed by atoms with Crippen LogP contribution in [0.4, 0.5) is 4.79 Å². The number of benzene rings is 2. The van der Waals surface area contributed by atoms with E-state index in [1.165, 1.54) is 9.87 Å². The summed E-state index contributed by atoms with van der Waals surface area (Å²) in [6.45, 7) is 4.02. The first-order valence-corrected chi connectivity index (χ1v) is 12.0. The summed E-state index contributed by atoms with van der Waals surface area (Å²) in [4.78, 5) is 14.5. The van der Waals surface area contributed by atoms with Crippen LogP contribution in [0.2, 0.25) is 0 Å². The van der Waals surface area contributed by atoms with Gasteiger partial charge in [-0.1, -0.05) is 53.2 Å². The highest BCUT2D eigenvalue weighted by Gasteiger charge is 2.30. The SMILES string of the molecule is CCC(CNC(=O)N1CCN(S(=O)(=O)c2ccc(Br)cc2)CC1)c1ccccc1. The normalized spacial score (nSPS) is 16.4. The Bertz CT molecular complexity index is 912. The van der Waals surface area contributed by atoms with Crippen LogP contribution >= 0.6 is 15.9 Å². The monoisotopic (exact) mass is 479 g/mol. The molecule has 1 aliphatic heterocycles. The lowest BCUT2D eigenvalue weighted by Crippen LogP contribution is -2.53. The molecule has 1 saturated heterocycles. The number of rotatable bonds is 6. The van der Waals surface area contributed by atoms with Crippen LogP contribution in [0.1, 0.15) is 24.8 Å². The van der Waals surface area contributed by atoms with Crippen LogP contribution in [0.5, 0.6) is 0 Å². The Kier molecular flexibility index (Phi) is 7.32. The smallest absolute Gasteiger partial charge is 0.317 e. The molecule has 3 rings (SSSR count). The zero-order valence-corrected chi connectivity index (χ0v) is 18.8. The number of amides is 2. The number of hydrogen-bond acceptors (Lipinski definition) is 3. The van der Waals surface area contributed by atoms with E-state index >= 15 is 0 Å². The molecule has 29 heavy (non-hydrogen) atoms. The van der Waals surface area contributed by atoms with Crippen molar-refractivity contribution in [2.75, 3.05) is 32.7 Å². The second kappa shape index (κ2) is 9.73. The summed E-state index contributed by atoms with van der Waals surface area (Å²) in [5.41, 5.74) is 1.21.